The minimum absolute atomic E-state index is 0.181. The van der Waals surface area contributed by atoms with E-state index in [9.17, 15) is 9.59 Å². The van der Waals surface area contributed by atoms with Crippen molar-refractivity contribution in [3.63, 3.8) is 0 Å². The second-order valence-corrected chi connectivity index (χ2v) is 5.32. The van der Waals surface area contributed by atoms with Crippen LogP contribution in [0.15, 0.2) is 29.1 Å². The van der Waals surface area contributed by atoms with Crippen LogP contribution in [0.25, 0.3) is 11.3 Å². The number of fused-ring (bicyclic) bond motifs is 3. The third kappa shape index (κ3) is 1.67. The zero-order chi connectivity index (χ0) is 12.7. The fourth-order valence-corrected chi connectivity index (χ4v) is 3.41. The van der Waals surface area contributed by atoms with Gasteiger partial charge < -0.3 is 5.11 Å². The van der Waals surface area contributed by atoms with E-state index in [2.05, 4.69) is 0 Å². The Morgan fingerprint density at radius 3 is 2.89 bits per heavy atom. The normalized spacial score (nSPS) is 12.9. The van der Waals surface area contributed by atoms with Crippen molar-refractivity contribution < 1.29 is 9.90 Å². The first-order valence-corrected chi connectivity index (χ1v) is 6.51. The van der Waals surface area contributed by atoms with E-state index in [4.69, 9.17) is 5.11 Å². The van der Waals surface area contributed by atoms with Crippen LogP contribution in [0.4, 0.5) is 0 Å². The molecule has 92 valence electrons. The van der Waals surface area contributed by atoms with Crippen molar-refractivity contribution in [3.8, 4) is 11.3 Å². The van der Waals surface area contributed by atoms with Gasteiger partial charge in [0.25, 0.3) is 0 Å². The molecule has 0 bridgehead atoms. The molecule has 1 aromatic heterocycles. The number of aromatic nitrogens is 1. The minimum Gasteiger partial charge on any atom is -0.480 e. The molecule has 2 aromatic rings. The molecule has 0 unspecified atom stereocenters. The number of rotatable bonds is 2. The van der Waals surface area contributed by atoms with E-state index < -0.39 is 5.97 Å². The maximum Gasteiger partial charge on any atom is 0.323 e. The standard InChI is InChI=1S/C13H11NO3S/c15-11(16)7-14-12-9-4-2-1-3-8(9)5-6-10(12)18-13(14)17/h1-4H,5-7H2,(H,15,16). The summed E-state index contributed by atoms with van der Waals surface area (Å²) < 4.78 is 1.38. The summed E-state index contributed by atoms with van der Waals surface area (Å²) in [5, 5.41) is 8.90. The summed E-state index contributed by atoms with van der Waals surface area (Å²) >= 11 is 1.17. The molecule has 1 aliphatic carbocycles. The van der Waals surface area contributed by atoms with E-state index in [-0.39, 0.29) is 11.4 Å². The summed E-state index contributed by atoms with van der Waals surface area (Å²) in [6, 6.07) is 7.88. The summed E-state index contributed by atoms with van der Waals surface area (Å²) in [5.41, 5.74) is 2.98. The number of nitrogens with zero attached hydrogens (tertiary/aromatic N) is 1. The monoisotopic (exact) mass is 261 g/mol. The van der Waals surface area contributed by atoms with E-state index in [0.717, 1.165) is 29.0 Å². The summed E-state index contributed by atoms with van der Waals surface area (Å²) in [7, 11) is 0. The van der Waals surface area contributed by atoms with Crippen LogP contribution < -0.4 is 4.87 Å². The molecule has 0 saturated carbocycles. The van der Waals surface area contributed by atoms with Gasteiger partial charge in [0, 0.05) is 10.4 Å². The number of carbonyl (C=O) groups is 1. The second-order valence-electron chi connectivity index (χ2n) is 4.28. The van der Waals surface area contributed by atoms with Gasteiger partial charge >= 0.3 is 10.8 Å². The highest BCUT2D eigenvalue weighted by Gasteiger charge is 2.23. The lowest BCUT2D eigenvalue weighted by Gasteiger charge is -2.17. The SMILES string of the molecule is O=C(O)Cn1c2c(sc1=O)CCc1ccccc1-2. The van der Waals surface area contributed by atoms with Crippen LogP contribution >= 0.6 is 11.3 Å². The Kier molecular flexibility index (Phi) is 2.56. The van der Waals surface area contributed by atoms with E-state index in [1.165, 1.54) is 21.5 Å². The zero-order valence-corrected chi connectivity index (χ0v) is 10.4. The van der Waals surface area contributed by atoms with Gasteiger partial charge in [-0.25, -0.2) is 0 Å². The van der Waals surface area contributed by atoms with Crippen LogP contribution in [0.3, 0.4) is 0 Å². The van der Waals surface area contributed by atoms with E-state index in [0.29, 0.717) is 0 Å². The molecule has 0 spiro atoms. The van der Waals surface area contributed by atoms with Gasteiger partial charge in [0.05, 0.1) is 5.69 Å². The molecule has 5 heteroatoms. The molecule has 1 aromatic carbocycles. The molecule has 0 aliphatic heterocycles. The largest absolute Gasteiger partial charge is 0.480 e. The molecular formula is C13H11NO3S. The first-order valence-electron chi connectivity index (χ1n) is 5.69. The number of thiazole rings is 1. The number of hydrogen-bond acceptors (Lipinski definition) is 3. The van der Waals surface area contributed by atoms with E-state index >= 15 is 0 Å². The minimum atomic E-state index is -0.985. The van der Waals surface area contributed by atoms with E-state index in [1.54, 1.807) is 0 Å². The molecule has 18 heavy (non-hydrogen) atoms. The maximum atomic E-state index is 11.9. The number of carboxylic acids is 1. The zero-order valence-electron chi connectivity index (χ0n) is 9.55. The van der Waals surface area contributed by atoms with Crippen LogP contribution in [0.2, 0.25) is 0 Å². The third-order valence-electron chi connectivity index (χ3n) is 3.15. The van der Waals surface area contributed by atoms with Gasteiger partial charge in [0.15, 0.2) is 0 Å². The molecule has 0 saturated heterocycles. The van der Waals surface area contributed by atoms with Gasteiger partial charge in [0.1, 0.15) is 6.54 Å². The predicted molar refractivity (Wildman–Crippen MR) is 69.1 cm³/mol. The lowest BCUT2D eigenvalue weighted by Crippen LogP contribution is -2.20. The first kappa shape index (κ1) is 11.2. The van der Waals surface area contributed by atoms with Crippen molar-refractivity contribution in [3.05, 3.63) is 44.4 Å². The molecule has 1 heterocycles. The highest BCUT2D eigenvalue weighted by Crippen LogP contribution is 2.34. The van der Waals surface area contributed by atoms with E-state index in [1.807, 2.05) is 24.3 Å². The van der Waals surface area contributed by atoms with Crippen LogP contribution in [-0.2, 0) is 24.2 Å². The summed E-state index contributed by atoms with van der Waals surface area (Å²) in [6.45, 7) is -0.265. The molecule has 0 atom stereocenters. The van der Waals surface area contributed by atoms with Crippen LogP contribution in [-0.4, -0.2) is 15.6 Å². The average molecular weight is 261 g/mol. The molecule has 0 fully saturated rings. The number of hydrogen-bond donors (Lipinski definition) is 1. The Balaban J connectivity index is 2.25. The first-order chi connectivity index (χ1) is 8.66. The molecule has 1 aliphatic rings. The quantitative estimate of drug-likeness (QED) is 0.896. The molecule has 0 amide bonds. The molecule has 1 N–H and O–H groups in total. The summed E-state index contributed by atoms with van der Waals surface area (Å²) in [5.74, 6) is -0.985. The van der Waals surface area contributed by atoms with Crippen molar-refractivity contribution in [2.45, 2.75) is 19.4 Å². The van der Waals surface area contributed by atoms with Gasteiger partial charge in [-0.1, -0.05) is 35.6 Å². The Hall–Kier alpha value is -1.88. The number of aliphatic carboxylic acids is 1. The number of aryl methyl sites for hydroxylation is 2. The lowest BCUT2D eigenvalue weighted by molar-refractivity contribution is -0.137. The Morgan fingerprint density at radius 2 is 2.11 bits per heavy atom. The van der Waals surface area contributed by atoms with Crippen LogP contribution in [0, 0.1) is 0 Å². The highest BCUT2D eigenvalue weighted by molar-refractivity contribution is 7.09. The van der Waals surface area contributed by atoms with Crippen LogP contribution in [0.5, 0.6) is 0 Å². The summed E-state index contributed by atoms with van der Waals surface area (Å²) in [6.07, 6.45) is 1.73. The van der Waals surface area contributed by atoms with Gasteiger partial charge in [-0.3, -0.25) is 14.2 Å². The smallest absolute Gasteiger partial charge is 0.323 e. The number of benzene rings is 1. The average Bonchev–Trinajstić information content (AvgIpc) is 2.66. The van der Waals surface area contributed by atoms with Gasteiger partial charge in [-0.2, -0.15) is 0 Å². The maximum absolute atomic E-state index is 11.9. The highest BCUT2D eigenvalue weighted by atomic mass is 32.1. The molecule has 3 rings (SSSR count). The fraction of sp³-hybridized carbons (Fsp3) is 0.231. The third-order valence-corrected chi connectivity index (χ3v) is 4.19. The van der Waals surface area contributed by atoms with Crippen molar-refractivity contribution in [1.29, 1.82) is 0 Å². The van der Waals surface area contributed by atoms with Crippen molar-refractivity contribution in [1.82, 2.24) is 4.57 Å². The Morgan fingerprint density at radius 1 is 1.33 bits per heavy atom. The van der Waals surface area contributed by atoms with Crippen molar-refractivity contribution in [2.24, 2.45) is 0 Å². The number of carboxylic acid groups (broad SMARTS) is 1. The molecule has 0 radical (unpaired) electrons. The fourth-order valence-electron chi connectivity index (χ4n) is 2.41. The van der Waals surface area contributed by atoms with Gasteiger partial charge in [-0.15, -0.1) is 0 Å². The predicted octanol–water partition coefficient (Wildman–Crippen LogP) is 1.76. The van der Waals surface area contributed by atoms with Gasteiger partial charge in [0.2, 0.25) is 0 Å². The second kappa shape index (κ2) is 4.10. The molecule has 4 nitrogen and oxygen atoms in total. The lowest BCUT2D eigenvalue weighted by atomic mass is 9.93. The van der Waals surface area contributed by atoms with Crippen molar-refractivity contribution in [2.75, 3.05) is 0 Å². The Labute approximate surface area is 107 Å². The Bertz CT molecular complexity index is 684. The van der Waals surface area contributed by atoms with Crippen molar-refractivity contribution >= 4 is 17.3 Å². The van der Waals surface area contributed by atoms with Gasteiger partial charge in [-0.05, 0) is 18.4 Å². The summed E-state index contributed by atoms with van der Waals surface area (Å²) in [4.78, 5) is 23.5. The molecular weight excluding hydrogens is 250 g/mol. The van der Waals surface area contributed by atoms with Crippen LogP contribution in [0.1, 0.15) is 10.4 Å². The topological polar surface area (TPSA) is 59.3 Å².